The third-order valence-electron chi connectivity index (χ3n) is 1.75. The Morgan fingerprint density at radius 3 is 2.17 bits per heavy atom. The highest BCUT2D eigenvalue weighted by molar-refractivity contribution is 5.93. The zero-order chi connectivity index (χ0) is 13.9. The number of halogens is 4. The van der Waals surface area contributed by atoms with Crippen LogP contribution in [0.3, 0.4) is 0 Å². The molecule has 1 aromatic rings. The average Bonchev–Trinajstić information content (AvgIpc) is 2.18. The number of hydrogen-bond donors (Lipinski definition) is 3. The molecule has 0 radical (unpaired) electrons. The van der Waals surface area contributed by atoms with Crippen LogP contribution in [-0.4, -0.2) is 11.9 Å². The number of aliphatic imine (C=N–C) groups is 2. The van der Waals surface area contributed by atoms with Crippen LogP contribution in [0, 0.1) is 5.82 Å². The van der Waals surface area contributed by atoms with E-state index in [0.29, 0.717) is 12.1 Å². The fourth-order valence-corrected chi connectivity index (χ4v) is 1.05. The molecule has 18 heavy (non-hydrogen) atoms. The molecule has 0 amide bonds. The Hall–Kier alpha value is -2.32. The first-order valence-corrected chi connectivity index (χ1v) is 4.50. The highest BCUT2D eigenvalue weighted by Crippen LogP contribution is 2.31. The van der Waals surface area contributed by atoms with E-state index >= 15 is 0 Å². The second-order valence-electron chi connectivity index (χ2n) is 3.17. The molecule has 0 aromatic heterocycles. The predicted octanol–water partition coefficient (Wildman–Crippen LogP) is 1.06. The van der Waals surface area contributed by atoms with Crippen molar-refractivity contribution < 1.29 is 17.6 Å². The van der Waals surface area contributed by atoms with Crippen molar-refractivity contribution in [1.82, 2.24) is 0 Å². The van der Waals surface area contributed by atoms with E-state index in [1.54, 1.807) is 0 Å². The Labute approximate surface area is 99.0 Å². The lowest BCUT2D eigenvalue weighted by atomic mass is 10.2. The highest BCUT2D eigenvalue weighted by Gasteiger charge is 2.31. The third kappa shape index (κ3) is 3.61. The molecular formula is C9H9F4N5. The first-order chi connectivity index (χ1) is 8.20. The second kappa shape index (κ2) is 4.90. The molecule has 0 saturated carbocycles. The maximum atomic E-state index is 13.3. The number of rotatable bonds is 1. The van der Waals surface area contributed by atoms with Gasteiger partial charge in [0.05, 0.1) is 5.56 Å². The van der Waals surface area contributed by atoms with E-state index in [9.17, 15) is 17.6 Å². The van der Waals surface area contributed by atoms with Crippen molar-refractivity contribution in [2.75, 3.05) is 0 Å². The van der Waals surface area contributed by atoms with Gasteiger partial charge in [-0.3, -0.25) is 0 Å². The van der Waals surface area contributed by atoms with Crippen LogP contribution in [0.1, 0.15) is 5.56 Å². The molecule has 0 heterocycles. The Bertz CT molecular complexity index is 502. The van der Waals surface area contributed by atoms with E-state index in [-0.39, 0.29) is 0 Å². The lowest BCUT2D eigenvalue weighted by Crippen LogP contribution is -2.26. The summed E-state index contributed by atoms with van der Waals surface area (Å²) in [5, 5.41) is 0. The number of nitrogens with zero attached hydrogens (tertiary/aromatic N) is 2. The Morgan fingerprint density at radius 2 is 1.72 bits per heavy atom. The summed E-state index contributed by atoms with van der Waals surface area (Å²) < 4.78 is 50.1. The van der Waals surface area contributed by atoms with Gasteiger partial charge in [-0.25, -0.2) is 9.38 Å². The number of hydrogen-bond acceptors (Lipinski definition) is 1. The molecule has 0 bridgehead atoms. The van der Waals surface area contributed by atoms with Crippen LogP contribution in [0.25, 0.3) is 0 Å². The summed E-state index contributed by atoms with van der Waals surface area (Å²) in [4.78, 5) is 6.72. The molecule has 1 rings (SSSR count). The summed E-state index contributed by atoms with van der Waals surface area (Å²) in [7, 11) is 0. The SMILES string of the molecule is NC(N)=NC(N)=Nc1ccc(C(F)(F)F)cc1F. The van der Waals surface area contributed by atoms with Crippen molar-refractivity contribution >= 4 is 17.6 Å². The standard InChI is InChI=1S/C9H9F4N5/c10-5-3-4(9(11,12)13)1-2-6(5)17-8(16)18-7(14)15/h1-3H,(H6,14,15,16,17,18). The van der Waals surface area contributed by atoms with Gasteiger partial charge in [0, 0.05) is 0 Å². The summed E-state index contributed by atoms with van der Waals surface area (Å²) in [6.07, 6.45) is -4.63. The molecule has 6 N–H and O–H groups in total. The van der Waals surface area contributed by atoms with Crippen LogP contribution in [0.2, 0.25) is 0 Å². The number of benzene rings is 1. The monoisotopic (exact) mass is 263 g/mol. The first-order valence-electron chi connectivity index (χ1n) is 4.50. The lowest BCUT2D eigenvalue weighted by Gasteiger charge is -2.07. The highest BCUT2D eigenvalue weighted by atomic mass is 19.4. The topological polar surface area (TPSA) is 103 Å². The maximum Gasteiger partial charge on any atom is 0.416 e. The Kier molecular flexibility index (Phi) is 3.74. The normalized spacial score (nSPS) is 12.3. The molecule has 5 nitrogen and oxygen atoms in total. The van der Waals surface area contributed by atoms with Crippen molar-refractivity contribution in [2.45, 2.75) is 6.18 Å². The van der Waals surface area contributed by atoms with Gasteiger partial charge in [-0.05, 0) is 18.2 Å². The van der Waals surface area contributed by atoms with Gasteiger partial charge in [0.25, 0.3) is 0 Å². The smallest absolute Gasteiger partial charge is 0.370 e. The van der Waals surface area contributed by atoms with E-state index in [1.165, 1.54) is 0 Å². The van der Waals surface area contributed by atoms with E-state index in [1.807, 2.05) is 0 Å². The molecule has 0 spiro atoms. The van der Waals surface area contributed by atoms with E-state index < -0.39 is 35.2 Å². The van der Waals surface area contributed by atoms with Crippen LogP contribution < -0.4 is 17.2 Å². The molecule has 0 saturated heterocycles. The summed E-state index contributed by atoms with van der Waals surface area (Å²) >= 11 is 0. The number of nitrogens with two attached hydrogens (primary N) is 3. The number of guanidine groups is 2. The van der Waals surface area contributed by atoms with Crippen LogP contribution in [0.4, 0.5) is 23.2 Å². The molecule has 0 aliphatic heterocycles. The first kappa shape index (κ1) is 13.7. The minimum atomic E-state index is -4.63. The van der Waals surface area contributed by atoms with Gasteiger partial charge in [-0.15, -0.1) is 0 Å². The summed E-state index contributed by atoms with van der Waals surface area (Å²) in [6.45, 7) is 0. The molecule has 0 atom stereocenters. The number of alkyl halides is 3. The molecule has 0 aliphatic rings. The minimum absolute atomic E-state index is 0.307. The van der Waals surface area contributed by atoms with Gasteiger partial charge < -0.3 is 17.2 Å². The largest absolute Gasteiger partial charge is 0.416 e. The van der Waals surface area contributed by atoms with Gasteiger partial charge in [-0.2, -0.15) is 18.2 Å². The van der Waals surface area contributed by atoms with Gasteiger partial charge >= 0.3 is 6.18 Å². The Balaban J connectivity index is 3.11. The molecule has 0 aliphatic carbocycles. The predicted molar refractivity (Wildman–Crippen MR) is 58.5 cm³/mol. The fraction of sp³-hybridized carbons (Fsp3) is 0.111. The van der Waals surface area contributed by atoms with Crippen molar-refractivity contribution in [3.8, 4) is 0 Å². The molecule has 0 unspecified atom stereocenters. The minimum Gasteiger partial charge on any atom is -0.370 e. The maximum absolute atomic E-state index is 13.3. The van der Waals surface area contributed by atoms with Gasteiger partial charge in [0.2, 0.25) is 5.96 Å². The molecule has 1 aromatic carbocycles. The van der Waals surface area contributed by atoms with Crippen LogP contribution in [-0.2, 0) is 6.18 Å². The van der Waals surface area contributed by atoms with Gasteiger partial charge in [0.15, 0.2) is 5.96 Å². The third-order valence-corrected chi connectivity index (χ3v) is 1.75. The molecule has 98 valence electrons. The van der Waals surface area contributed by atoms with Gasteiger partial charge in [0.1, 0.15) is 11.5 Å². The van der Waals surface area contributed by atoms with Crippen LogP contribution >= 0.6 is 0 Å². The average molecular weight is 263 g/mol. The van der Waals surface area contributed by atoms with Gasteiger partial charge in [-0.1, -0.05) is 0 Å². The van der Waals surface area contributed by atoms with E-state index in [2.05, 4.69) is 9.98 Å². The summed E-state index contributed by atoms with van der Waals surface area (Å²) in [6, 6.07) is 1.81. The van der Waals surface area contributed by atoms with E-state index in [4.69, 9.17) is 17.2 Å². The van der Waals surface area contributed by atoms with Crippen LogP contribution in [0.15, 0.2) is 28.2 Å². The zero-order valence-electron chi connectivity index (χ0n) is 8.87. The van der Waals surface area contributed by atoms with Crippen molar-refractivity contribution in [1.29, 1.82) is 0 Å². The Morgan fingerprint density at radius 1 is 1.11 bits per heavy atom. The second-order valence-corrected chi connectivity index (χ2v) is 3.17. The fourth-order valence-electron chi connectivity index (χ4n) is 1.05. The summed E-state index contributed by atoms with van der Waals surface area (Å²) in [5.41, 5.74) is 13.7. The summed E-state index contributed by atoms with van der Waals surface area (Å²) in [5.74, 6) is -2.05. The quantitative estimate of drug-likeness (QED) is 0.401. The lowest BCUT2D eigenvalue weighted by molar-refractivity contribution is -0.137. The zero-order valence-corrected chi connectivity index (χ0v) is 8.87. The molecule has 9 heteroatoms. The molecule has 0 fully saturated rings. The van der Waals surface area contributed by atoms with Crippen LogP contribution in [0.5, 0.6) is 0 Å². The van der Waals surface area contributed by atoms with Crippen molar-refractivity contribution in [2.24, 2.45) is 27.2 Å². The van der Waals surface area contributed by atoms with E-state index in [0.717, 1.165) is 6.07 Å². The molecular weight excluding hydrogens is 254 g/mol. The van der Waals surface area contributed by atoms with Crippen molar-refractivity contribution in [3.05, 3.63) is 29.6 Å². The van der Waals surface area contributed by atoms with Crippen molar-refractivity contribution in [3.63, 3.8) is 0 Å².